The number of alkyl halides is 3. The third-order valence-corrected chi connectivity index (χ3v) is 6.82. The molecule has 0 saturated carbocycles. The molecular weight excluding hydrogens is 556 g/mol. The second-order valence-corrected chi connectivity index (χ2v) is 9.67. The largest absolute Gasteiger partial charge is 0.573 e. The van der Waals surface area contributed by atoms with E-state index in [1.807, 2.05) is 24.3 Å². The normalized spacial score (nSPS) is 18.5. The Labute approximate surface area is 231 Å². The van der Waals surface area contributed by atoms with Gasteiger partial charge in [-0.2, -0.15) is 0 Å². The van der Waals surface area contributed by atoms with Crippen molar-refractivity contribution < 1.29 is 44.6 Å². The summed E-state index contributed by atoms with van der Waals surface area (Å²) in [5.74, 6) is -7.44. The fourth-order valence-electron chi connectivity index (χ4n) is 4.77. The molecule has 0 aliphatic carbocycles. The molecule has 0 radical (unpaired) electrons. The van der Waals surface area contributed by atoms with Gasteiger partial charge in [-0.3, -0.25) is 0 Å². The molecule has 0 bridgehead atoms. The molecule has 3 aromatic carbocycles. The van der Waals surface area contributed by atoms with E-state index in [1.54, 1.807) is 6.92 Å². The van der Waals surface area contributed by atoms with Gasteiger partial charge in [0.1, 0.15) is 5.82 Å². The standard InChI is InChI=1S/C31H26F8O2/c1-2-3-24(32)29(36)21-10-12-23(25(33)16-21)22-11-13-28(40-17-22)20-8-6-18(7-9-20)4-5-19-14-26(34)30(27(35)15-19)41-31(37,38)39/h2-3,6-10,12,14-16,22,28H,4-5,11,13,17H2,1H3. The SMILES string of the molecule is CC=CC(F)=C(F)c1ccc(C2CCC(c3ccc(CCc4cc(F)c(OC(F)(F)F)c(F)c4)cc3)OC2)c(F)c1. The number of rotatable bonds is 8. The van der Waals surface area contributed by atoms with E-state index in [-0.39, 0.29) is 36.2 Å². The van der Waals surface area contributed by atoms with E-state index in [4.69, 9.17) is 4.74 Å². The van der Waals surface area contributed by atoms with Crippen molar-refractivity contribution >= 4 is 5.83 Å². The Morgan fingerprint density at radius 2 is 1.54 bits per heavy atom. The van der Waals surface area contributed by atoms with E-state index in [9.17, 15) is 35.1 Å². The molecule has 1 aliphatic heterocycles. The first-order valence-electron chi connectivity index (χ1n) is 12.9. The van der Waals surface area contributed by atoms with Crippen molar-refractivity contribution in [1.29, 1.82) is 0 Å². The molecular formula is C31H26F8O2. The molecule has 4 rings (SSSR count). The van der Waals surface area contributed by atoms with E-state index in [2.05, 4.69) is 4.74 Å². The van der Waals surface area contributed by atoms with Gasteiger partial charge in [-0.15, -0.1) is 13.2 Å². The van der Waals surface area contributed by atoms with Crippen LogP contribution in [0.25, 0.3) is 5.83 Å². The number of hydrogen-bond acceptors (Lipinski definition) is 2. The number of allylic oxidation sites excluding steroid dienone is 3. The van der Waals surface area contributed by atoms with Gasteiger partial charge in [0.05, 0.1) is 12.7 Å². The van der Waals surface area contributed by atoms with E-state index >= 15 is 0 Å². The Morgan fingerprint density at radius 1 is 0.878 bits per heavy atom. The van der Waals surface area contributed by atoms with Crippen LogP contribution in [-0.2, 0) is 17.6 Å². The van der Waals surface area contributed by atoms with Crippen LogP contribution in [0, 0.1) is 17.5 Å². The fourth-order valence-corrected chi connectivity index (χ4v) is 4.77. The zero-order valence-corrected chi connectivity index (χ0v) is 21.9. The summed E-state index contributed by atoms with van der Waals surface area (Å²) in [6.07, 6.45) is -1.35. The zero-order chi connectivity index (χ0) is 29.7. The summed E-state index contributed by atoms with van der Waals surface area (Å²) in [5.41, 5.74) is 2.10. The van der Waals surface area contributed by atoms with E-state index in [0.717, 1.165) is 35.4 Å². The van der Waals surface area contributed by atoms with Crippen LogP contribution in [-0.4, -0.2) is 13.0 Å². The van der Waals surface area contributed by atoms with Crippen molar-refractivity contribution in [3.05, 3.63) is 118 Å². The minimum Gasteiger partial charge on any atom is -0.399 e. The molecule has 2 unspecified atom stereocenters. The van der Waals surface area contributed by atoms with Crippen LogP contribution in [0.15, 0.2) is 72.6 Å². The summed E-state index contributed by atoms with van der Waals surface area (Å²) in [4.78, 5) is 0. The van der Waals surface area contributed by atoms with Crippen LogP contribution in [0.3, 0.4) is 0 Å². The molecule has 2 atom stereocenters. The molecule has 10 heteroatoms. The summed E-state index contributed by atoms with van der Waals surface area (Å²) >= 11 is 0. The first-order valence-corrected chi connectivity index (χ1v) is 12.9. The summed E-state index contributed by atoms with van der Waals surface area (Å²) < 4.78 is 117. The summed E-state index contributed by atoms with van der Waals surface area (Å²) in [6, 6.07) is 12.8. The lowest BCUT2D eigenvalue weighted by Crippen LogP contribution is -2.20. The maximum atomic E-state index is 14.8. The Morgan fingerprint density at radius 3 is 2.10 bits per heavy atom. The maximum Gasteiger partial charge on any atom is 0.573 e. The molecule has 1 saturated heterocycles. The minimum atomic E-state index is -5.21. The number of benzene rings is 3. The smallest absolute Gasteiger partial charge is 0.399 e. The maximum absolute atomic E-state index is 14.8. The van der Waals surface area contributed by atoms with Gasteiger partial charge in [-0.1, -0.05) is 42.5 Å². The molecule has 218 valence electrons. The van der Waals surface area contributed by atoms with Crippen LogP contribution in [0.4, 0.5) is 35.1 Å². The highest BCUT2D eigenvalue weighted by Crippen LogP contribution is 2.37. The van der Waals surface area contributed by atoms with E-state index in [0.29, 0.717) is 24.8 Å². The van der Waals surface area contributed by atoms with Gasteiger partial charge in [0.2, 0.25) is 5.75 Å². The van der Waals surface area contributed by atoms with Crippen molar-refractivity contribution in [2.24, 2.45) is 0 Å². The van der Waals surface area contributed by atoms with Gasteiger partial charge >= 0.3 is 6.36 Å². The molecule has 0 spiro atoms. The molecule has 0 amide bonds. The van der Waals surface area contributed by atoms with Crippen molar-refractivity contribution in [3.63, 3.8) is 0 Å². The van der Waals surface area contributed by atoms with Crippen LogP contribution in [0.2, 0.25) is 0 Å². The number of aryl methyl sites for hydroxylation is 2. The van der Waals surface area contributed by atoms with Gasteiger partial charge in [-0.05, 0) is 79.1 Å². The van der Waals surface area contributed by atoms with Crippen molar-refractivity contribution in [3.8, 4) is 5.75 Å². The highest BCUT2D eigenvalue weighted by Gasteiger charge is 2.34. The lowest BCUT2D eigenvalue weighted by Gasteiger charge is -2.30. The van der Waals surface area contributed by atoms with Crippen LogP contribution in [0.1, 0.15) is 59.6 Å². The average molecular weight is 583 g/mol. The highest BCUT2D eigenvalue weighted by atomic mass is 19.4. The van der Waals surface area contributed by atoms with Crippen LogP contribution < -0.4 is 4.74 Å². The quantitative estimate of drug-likeness (QED) is 0.195. The van der Waals surface area contributed by atoms with Crippen molar-refractivity contribution in [2.75, 3.05) is 6.61 Å². The molecule has 1 fully saturated rings. The second kappa shape index (κ2) is 12.9. The predicted molar refractivity (Wildman–Crippen MR) is 138 cm³/mol. The topological polar surface area (TPSA) is 18.5 Å². The zero-order valence-electron chi connectivity index (χ0n) is 21.9. The molecule has 41 heavy (non-hydrogen) atoms. The minimum absolute atomic E-state index is 0.181. The van der Waals surface area contributed by atoms with Crippen LogP contribution in [0.5, 0.6) is 5.75 Å². The first kappa shape index (κ1) is 30.3. The predicted octanol–water partition coefficient (Wildman–Crippen LogP) is 9.61. The van der Waals surface area contributed by atoms with Gasteiger partial charge in [0, 0.05) is 11.5 Å². The average Bonchev–Trinajstić information content (AvgIpc) is 2.93. The Hall–Kier alpha value is -3.66. The van der Waals surface area contributed by atoms with Gasteiger partial charge in [-0.25, -0.2) is 22.0 Å². The van der Waals surface area contributed by atoms with E-state index < -0.39 is 41.2 Å². The first-order chi connectivity index (χ1) is 19.4. The highest BCUT2D eigenvalue weighted by molar-refractivity contribution is 5.63. The monoisotopic (exact) mass is 582 g/mol. The third-order valence-electron chi connectivity index (χ3n) is 6.82. The number of ether oxygens (including phenoxy) is 2. The molecule has 3 aromatic rings. The molecule has 1 heterocycles. The number of hydrogen-bond donors (Lipinski definition) is 0. The lowest BCUT2D eigenvalue weighted by molar-refractivity contribution is -0.276. The Bertz CT molecular complexity index is 1400. The van der Waals surface area contributed by atoms with Crippen LogP contribution >= 0.6 is 0 Å². The summed E-state index contributed by atoms with van der Waals surface area (Å²) in [5, 5.41) is 0. The summed E-state index contributed by atoms with van der Waals surface area (Å²) in [7, 11) is 0. The van der Waals surface area contributed by atoms with Gasteiger partial charge < -0.3 is 9.47 Å². The second-order valence-electron chi connectivity index (χ2n) is 9.67. The third kappa shape index (κ3) is 7.75. The Kier molecular flexibility index (Phi) is 9.53. The molecule has 2 nitrogen and oxygen atoms in total. The van der Waals surface area contributed by atoms with Crippen molar-refractivity contribution in [2.45, 2.75) is 51.0 Å². The Balaban J connectivity index is 1.33. The fraction of sp³-hybridized carbons (Fsp3) is 0.290. The van der Waals surface area contributed by atoms with Gasteiger partial charge in [0.25, 0.3) is 0 Å². The molecule has 0 aromatic heterocycles. The van der Waals surface area contributed by atoms with Gasteiger partial charge in [0.15, 0.2) is 23.3 Å². The molecule has 0 N–H and O–H groups in total. The number of halogens is 8. The van der Waals surface area contributed by atoms with Crippen molar-refractivity contribution in [1.82, 2.24) is 0 Å². The molecule has 1 aliphatic rings. The lowest BCUT2D eigenvalue weighted by atomic mass is 9.88. The summed E-state index contributed by atoms with van der Waals surface area (Å²) in [6.45, 7) is 1.78. The van der Waals surface area contributed by atoms with E-state index in [1.165, 1.54) is 18.2 Å².